The van der Waals surface area contributed by atoms with E-state index in [1.165, 1.54) is 48.5 Å². The Morgan fingerprint density at radius 1 is 1.09 bits per heavy atom. The zero-order valence-corrected chi connectivity index (χ0v) is 16.7. The zero-order chi connectivity index (χ0) is 23.5. The maximum absolute atomic E-state index is 13.4. The molecule has 3 aromatic rings. The molecule has 1 heterocycles. The summed E-state index contributed by atoms with van der Waals surface area (Å²) in [5.74, 6) is -2.60. The first-order valence-electron chi connectivity index (χ1n) is 9.45. The number of hydrogen-bond acceptors (Lipinski definition) is 4. The second-order valence-corrected chi connectivity index (χ2v) is 7.01. The largest absolute Gasteiger partial charge is 0.478 e. The van der Waals surface area contributed by atoms with E-state index in [0.717, 1.165) is 4.68 Å². The monoisotopic (exact) mass is 450 g/mol. The highest BCUT2D eigenvalue weighted by Gasteiger charge is 2.41. The topological polar surface area (TPSA) is 97.1 Å². The summed E-state index contributed by atoms with van der Waals surface area (Å²) in [6.45, 7) is 1.47. The van der Waals surface area contributed by atoms with Crippen molar-refractivity contribution >= 4 is 11.9 Å². The van der Waals surface area contributed by atoms with Crippen molar-refractivity contribution in [3.63, 3.8) is 0 Å². The molecule has 2 N–H and O–H groups in total. The number of nitrogens with zero attached hydrogens (tertiary/aromatic N) is 3. The van der Waals surface area contributed by atoms with Crippen molar-refractivity contribution in [3.8, 4) is 0 Å². The average Bonchev–Trinajstić information content (AvgIpc) is 3.18. The van der Waals surface area contributed by atoms with Crippen molar-refractivity contribution in [2.75, 3.05) is 0 Å². The van der Waals surface area contributed by atoms with Crippen LogP contribution in [0.2, 0.25) is 0 Å². The van der Waals surface area contributed by atoms with Crippen molar-refractivity contribution < 1.29 is 32.3 Å². The van der Waals surface area contributed by atoms with E-state index < -0.39 is 41.3 Å². The van der Waals surface area contributed by atoms with E-state index in [-0.39, 0.29) is 18.5 Å². The van der Waals surface area contributed by atoms with Gasteiger partial charge in [-0.15, -0.1) is 5.10 Å². The van der Waals surface area contributed by atoms with Crippen LogP contribution < -0.4 is 5.32 Å². The molecule has 0 bridgehead atoms. The van der Waals surface area contributed by atoms with Gasteiger partial charge in [-0.3, -0.25) is 4.79 Å². The van der Waals surface area contributed by atoms with Crippen LogP contribution in [0, 0.1) is 5.82 Å². The highest BCUT2D eigenvalue weighted by atomic mass is 19.4. The average molecular weight is 450 g/mol. The van der Waals surface area contributed by atoms with Crippen molar-refractivity contribution in [1.29, 1.82) is 0 Å². The molecule has 0 saturated carbocycles. The van der Waals surface area contributed by atoms with Gasteiger partial charge in [0.05, 0.1) is 11.6 Å². The quantitative estimate of drug-likeness (QED) is 0.533. The second-order valence-electron chi connectivity index (χ2n) is 7.01. The highest BCUT2D eigenvalue weighted by molar-refractivity contribution is 5.94. The molecule has 168 valence electrons. The highest BCUT2D eigenvalue weighted by Crippen LogP contribution is 2.30. The molecule has 2 aromatic carbocycles. The van der Waals surface area contributed by atoms with E-state index in [2.05, 4.69) is 15.6 Å². The number of hydrogen-bond donors (Lipinski definition) is 2. The molecule has 0 aliphatic heterocycles. The number of aryl methyl sites for hydroxylation is 2. The Labute approximate surface area is 179 Å². The molecular formula is C21H18F4N4O3. The first-order valence-corrected chi connectivity index (χ1v) is 9.45. The van der Waals surface area contributed by atoms with Crippen molar-refractivity contribution in [3.05, 3.63) is 82.4 Å². The van der Waals surface area contributed by atoms with Crippen molar-refractivity contribution in [1.82, 2.24) is 20.3 Å². The molecule has 0 spiro atoms. The number of carboxylic acids is 1. The molecule has 3 rings (SSSR count). The molecule has 0 radical (unpaired) electrons. The lowest BCUT2D eigenvalue weighted by Gasteiger charge is -2.16. The lowest BCUT2D eigenvalue weighted by Crippen LogP contribution is -2.31. The number of carbonyl (C=O) groups excluding carboxylic acids is 1. The Kier molecular flexibility index (Phi) is 6.56. The number of aromatic nitrogens is 3. The summed E-state index contributed by atoms with van der Waals surface area (Å²) < 4.78 is 54.2. The van der Waals surface area contributed by atoms with Gasteiger partial charge in [0.1, 0.15) is 5.82 Å². The second kappa shape index (κ2) is 9.16. The van der Waals surface area contributed by atoms with E-state index >= 15 is 0 Å². The molecule has 0 aliphatic rings. The van der Waals surface area contributed by atoms with E-state index in [4.69, 9.17) is 5.11 Å². The number of carbonyl (C=O) groups is 2. The third-order valence-electron chi connectivity index (χ3n) is 4.75. The van der Waals surface area contributed by atoms with Crippen LogP contribution in [0.5, 0.6) is 0 Å². The smallest absolute Gasteiger partial charge is 0.437 e. The molecule has 0 aliphatic carbocycles. The fraction of sp³-hybridized carbons (Fsp3) is 0.238. The number of alkyl halides is 3. The molecule has 0 saturated heterocycles. The summed E-state index contributed by atoms with van der Waals surface area (Å²) in [5, 5.41) is 18.1. The van der Waals surface area contributed by atoms with Crippen LogP contribution in [0.25, 0.3) is 0 Å². The SMILES string of the molecule is C[C@H](NC(=O)c1c(C(F)(F)F)nnn1CCc1ccc(F)cc1)c1ccc(C(=O)O)cc1. The maximum atomic E-state index is 13.4. The summed E-state index contributed by atoms with van der Waals surface area (Å²) in [7, 11) is 0. The van der Waals surface area contributed by atoms with E-state index in [0.29, 0.717) is 11.1 Å². The van der Waals surface area contributed by atoms with Crippen LogP contribution in [-0.2, 0) is 19.1 Å². The lowest BCUT2D eigenvalue weighted by atomic mass is 10.1. The van der Waals surface area contributed by atoms with E-state index in [1.54, 1.807) is 6.92 Å². The summed E-state index contributed by atoms with van der Waals surface area (Å²) in [5.41, 5.74) is -0.971. The third kappa shape index (κ3) is 5.29. The molecule has 1 aromatic heterocycles. The van der Waals surface area contributed by atoms with Gasteiger partial charge >= 0.3 is 12.1 Å². The molecule has 1 amide bonds. The standard InChI is InChI=1S/C21H18F4N4O3/c1-12(14-4-6-15(7-5-14)20(31)32)26-19(30)17-18(21(23,24)25)27-28-29(17)11-10-13-2-8-16(22)9-3-13/h2-9,12H,10-11H2,1H3,(H,26,30)(H,31,32)/t12-/m0/s1. The number of rotatable bonds is 7. The van der Waals surface area contributed by atoms with Gasteiger partial charge in [-0.1, -0.05) is 29.5 Å². The van der Waals surface area contributed by atoms with Crippen molar-refractivity contribution in [2.45, 2.75) is 32.1 Å². The Morgan fingerprint density at radius 2 is 1.72 bits per heavy atom. The number of halogens is 4. The van der Waals surface area contributed by atoms with Crippen LogP contribution >= 0.6 is 0 Å². The number of aromatic carboxylic acids is 1. The minimum atomic E-state index is -4.90. The zero-order valence-electron chi connectivity index (χ0n) is 16.7. The fourth-order valence-electron chi connectivity index (χ4n) is 3.03. The number of carboxylic acid groups (broad SMARTS) is 1. The summed E-state index contributed by atoms with van der Waals surface area (Å²) >= 11 is 0. The van der Waals surface area contributed by atoms with Gasteiger partial charge in [-0.2, -0.15) is 13.2 Å². The molecule has 0 fully saturated rings. The Bertz CT molecular complexity index is 1110. The minimum absolute atomic E-state index is 0.0368. The first kappa shape index (κ1) is 22.9. The number of nitrogens with one attached hydrogen (secondary N) is 1. The van der Waals surface area contributed by atoms with E-state index in [9.17, 15) is 27.2 Å². The van der Waals surface area contributed by atoms with Gasteiger partial charge < -0.3 is 10.4 Å². The van der Waals surface area contributed by atoms with Gasteiger partial charge in [0, 0.05) is 6.54 Å². The molecule has 32 heavy (non-hydrogen) atoms. The molecule has 7 nitrogen and oxygen atoms in total. The van der Waals surface area contributed by atoms with Crippen LogP contribution in [0.1, 0.15) is 50.6 Å². The van der Waals surface area contributed by atoms with Gasteiger partial charge in [-0.05, 0) is 48.7 Å². The predicted molar refractivity (Wildman–Crippen MR) is 104 cm³/mol. The number of amides is 1. The summed E-state index contributed by atoms with van der Waals surface area (Å²) in [6.07, 6.45) is -4.69. The third-order valence-corrected chi connectivity index (χ3v) is 4.75. The van der Waals surface area contributed by atoms with Gasteiger partial charge in [0.15, 0.2) is 11.4 Å². The molecule has 0 unspecified atom stereocenters. The Morgan fingerprint density at radius 3 is 2.28 bits per heavy atom. The van der Waals surface area contributed by atoms with Crippen LogP contribution in [0.15, 0.2) is 48.5 Å². The van der Waals surface area contributed by atoms with Crippen LogP contribution in [0.4, 0.5) is 17.6 Å². The van der Waals surface area contributed by atoms with Gasteiger partial charge in [-0.25, -0.2) is 13.9 Å². The van der Waals surface area contributed by atoms with Crippen LogP contribution in [0.3, 0.4) is 0 Å². The predicted octanol–water partition coefficient (Wildman–Crippen LogP) is 3.87. The van der Waals surface area contributed by atoms with Crippen LogP contribution in [-0.4, -0.2) is 32.0 Å². The van der Waals surface area contributed by atoms with E-state index in [1.807, 2.05) is 0 Å². The fourth-order valence-corrected chi connectivity index (χ4v) is 3.03. The Hall–Kier alpha value is -3.76. The first-order chi connectivity index (χ1) is 15.1. The van der Waals surface area contributed by atoms with Crippen molar-refractivity contribution in [2.24, 2.45) is 0 Å². The summed E-state index contributed by atoms with van der Waals surface area (Å²) in [6, 6.07) is 10.3. The van der Waals surface area contributed by atoms with Gasteiger partial charge in [0.2, 0.25) is 0 Å². The summed E-state index contributed by atoms with van der Waals surface area (Å²) in [4.78, 5) is 23.7. The molecular weight excluding hydrogens is 432 g/mol. The number of benzene rings is 2. The Balaban J connectivity index is 1.81. The molecule has 1 atom stereocenters. The normalized spacial score (nSPS) is 12.4. The lowest BCUT2D eigenvalue weighted by molar-refractivity contribution is -0.141. The van der Waals surface area contributed by atoms with Gasteiger partial charge in [0.25, 0.3) is 5.91 Å². The molecule has 11 heteroatoms. The maximum Gasteiger partial charge on any atom is 0.437 e. The minimum Gasteiger partial charge on any atom is -0.478 e.